The predicted octanol–water partition coefficient (Wildman–Crippen LogP) is -0.408. The van der Waals surface area contributed by atoms with Crippen molar-refractivity contribution in [3.8, 4) is 0 Å². The second-order valence-electron chi connectivity index (χ2n) is 2.36. The molecule has 0 aliphatic heterocycles. The van der Waals surface area contributed by atoms with E-state index >= 15 is 0 Å². The molecule has 0 amide bonds. The first kappa shape index (κ1) is 9.69. The Balaban J connectivity index is 2.82. The summed E-state index contributed by atoms with van der Waals surface area (Å²) in [6.45, 7) is 2.72. The summed E-state index contributed by atoms with van der Waals surface area (Å²) in [5.74, 6) is 5.90. The molecule has 0 unspecified atom stereocenters. The van der Waals surface area contributed by atoms with Crippen LogP contribution in [0.25, 0.3) is 0 Å². The minimum atomic E-state index is -0.252. The monoisotopic (exact) mass is 184 g/mol. The van der Waals surface area contributed by atoms with Crippen LogP contribution in [-0.2, 0) is 11.3 Å². The average molecular weight is 184 g/mol. The molecule has 13 heavy (non-hydrogen) atoms. The van der Waals surface area contributed by atoms with E-state index in [0.29, 0.717) is 18.2 Å². The Morgan fingerprint density at radius 1 is 1.77 bits per heavy atom. The second-order valence-corrected chi connectivity index (χ2v) is 2.36. The molecular formula is C7H12N4O2. The maximum atomic E-state index is 11.0. The predicted molar refractivity (Wildman–Crippen MR) is 48.0 cm³/mol. The molecule has 6 nitrogen and oxygen atoms in total. The van der Waals surface area contributed by atoms with E-state index in [9.17, 15) is 4.79 Å². The summed E-state index contributed by atoms with van der Waals surface area (Å²) in [5.41, 5.74) is 2.05. The van der Waals surface area contributed by atoms with Crippen molar-refractivity contribution in [3.05, 3.63) is 22.2 Å². The van der Waals surface area contributed by atoms with E-state index in [1.54, 1.807) is 0 Å². The first-order valence-corrected chi connectivity index (χ1v) is 3.91. The van der Waals surface area contributed by atoms with Gasteiger partial charge in [-0.3, -0.25) is 4.79 Å². The fourth-order valence-electron chi connectivity index (χ4n) is 0.849. The van der Waals surface area contributed by atoms with Crippen molar-refractivity contribution in [1.82, 2.24) is 9.97 Å². The summed E-state index contributed by atoms with van der Waals surface area (Å²) in [6, 6.07) is 1.27. The van der Waals surface area contributed by atoms with Gasteiger partial charge in [0, 0.05) is 12.7 Å². The van der Waals surface area contributed by atoms with Gasteiger partial charge in [0.05, 0.1) is 0 Å². The number of aromatic amines is 1. The standard InChI is InChI=1S/C7H12N4O2/c1-2-13-4-6-9-5(11-8)3-7(12)10-6/h3H,2,4,8H2,1H3,(H2,9,10,11,12). The Labute approximate surface area is 75.1 Å². The molecule has 0 spiro atoms. The maximum Gasteiger partial charge on any atom is 0.253 e. The molecule has 0 radical (unpaired) electrons. The Morgan fingerprint density at radius 2 is 2.54 bits per heavy atom. The van der Waals surface area contributed by atoms with Crippen molar-refractivity contribution in [2.24, 2.45) is 5.84 Å². The van der Waals surface area contributed by atoms with Gasteiger partial charge in [-0.25, -0.2) is 10.8 Å². The van der Waals surface area contributed by atoms with Crippen LogP contribution >= 0.6 is 0 Å². The van der Waals surface area contributed by atoms with Crippen molar-refractivity contribution in [1.29, 1.82) is 0 Å². The van der Waals surface area contributed by atoms with Gasteiger partial charge in [-0.15, -0.1) is 0 Å². The van der Waals surface area contributed by atoms with Crippen molar-refractivity contribution in [3.63, 3.8) is 0 Å². The molecule has 6 heteroatoms. The summed E-state index contributed by atoms with van der Waals surface area (Å²) in [7, 11) is 0. The lowest BCUT2D eigenvalue weighted by molar-refractivity contribution is 0.128. The third kappa shape index (κ3) is 2.85. The first-order valence-electron chi connectivity index (χ1n) is 3.91. The summed E-state index contributed by atoms with van der Waals surface area (Å²) >= 11 is 0. The summed E-state index contributed by atoms with van der Waals surface area (Å²) in [5, 5.41) is 0. The number of aromatic nitrogens is 2. The highest BCUT2D eigenvalue weighted by Gasteiger charge is 1.98. The Bertz CT molecular complexity index is 323. The van der Waals surface area contributed by atoms with Crippen LogP contribution in [0, 0.1) is 0 Å². The van der Waals surface area contributed by atoms with Gasteiger partial charge in [-0.05, 0) is 6.92 Å². The molecule has 1 aromatic heterocycles. The molecule has 0 bridgehead atoms. The van der Waals surface area contributed by atoms with Gasteiger partial charge in [0.15, 0.2) is 0 Å². The Kier molecular flexibility index (Phi) is 3.41. The quantitative estimate of drug-likeness (QED) is 0.437. The number of H-pyrrole nitrogens is 1. The zero-order valence-corrected chi connectivity index (χ0v) is 7.33. The lowest BCUT2D eigenvalue weighted by Crippen LogP contribution is -2.17. The molecule has 1 aromatic rings. The number of hydrazine groups is 1. The summed E-state index contributed by atoms with van der Waals surface area (Å²) < 4.78 is 5.07. The SMILES string of the molecule is CCOCc1nc(NN)cc(=O)[nH]1. The number of anilines is 1. The van der Waals surface area contributed by atoms with Crippen LogP contribution in [-0.4, -0.2) is 16.6 Å². The number of rotatable bonds is 4. The zero-order valence-electron chi connectivity index (χ0n) is 7.33. The number of ether oxygens (including phenoxy) is 1. The molecule has 0 saturated heterocycles. The van der Waals surface area contributed by atoms with Crippen LogP contribution in [0.3, 0.4) is 0 Å². The van der Waals surface area contributed by atoms with E-state index in [2.05, 4.69) is 15.4 Å². The van der Waals surface area contributed by atoms with E-state index in [1.807, 2.05) is 6.92 Å². The van der Waals surface area contributed by atoms with E-state index in [0.717, 1.165) is 0 Å². The van der Waals surface area contributed by atoms with Crippen molar-refractivity contribution < 1.29 is 4.74 Å². The van der Waals surface area contributed by atoms with Crippen molar-refractivity contribution in [2.45, 2.75) is 13.5 Å². The van der Waals surface area contributed by atoms with Crippen LogP contribution < -0.4 is 16.8 Å². The van der Waals surface area contributed by atoms with Crippen LogP contribution in [0.4, 0.5) is 5.82 Å². The maximum absolute atomic E-state index is 11.0. The lowest BCUT2D eigenvalue weighted by Gasteiger charge is -2.02. The first-order chi connectivity index (χ1) is 6.26. The molecule has 72 valence electrons. The average Bonchev–Trinajstić information content (AvgIpc) is 2.14. The van der Waals surface area contributed by atoms with E-state index in [-0.39, 0.29) is 12.2 Å². The number of nitrogens with one attached hydrogen (secondary N) is 2. The fraction of sp³-hybridized carbons (Fsp3) is 0.429. The highest BCUT2D eigenvalue weighted by atomic mass is 16.5. The van der Waals surface area contributed by atoms with Crippen molar-refractivity contribution in [2.75, 3.05) is 12.0 Å². The summed E-state index contributed by atoms with van der Waals surface area (Å²) in [6.07, 6.45) is 0. The van der Waals surface area contributed by atoms with Crippen LogP contribution in [0.15, 0.2) is 10.9 Å². The molecule has 0 aromatic carbocycles. The molecular weight excluding hydrogens is 172 g/mol. The minimum Gasteiger partial charge on any atom is -0.374 e. The third-order valence-corrected chi connectivity index (χ3v) is 1.38. The van der Waals surface area contributed by atoms with Gasteiger partial charge in [-0.2, -0.15) is 0 Å². The smallest absolute Gasteiger partial charge is 0.253 e. The van der Waals surface area contributed by atoms with E-state index in [4.69, 9.17) is 10.6 Å². The van der Waals surface area contributed by atoms with Gasteiger partial charge in [0.1, 0.15) is 18.2 Å². The molecule has 0 aliphatic carbocycles. The molecule has 0 atom stereocenters. The van der Waals surface area contributed by atoms with Crippen molar-refractivity contribution >= 4 is 5.82 Å². The largest absolute Gasteiger partial charge is 0.374 e. The van der Waals surface area contributed by atoms with E-state index in [1.165, 1.54) is 6.07 Å². The van der Waals surface area contributed by atoms with Gasteiger partial charge < -0.3 is 15.1 Å². The molecule has 1 rings (SSSR count). The topological polar surface area (TPSA) is 93.0 Å². The molecule has 4 N–H and O–H groups in total. The molecule has 0 saturated carbocycles. The minimum absolute atomic E-state index is 0.252. The van der Waals surface area contributed by atoms with E-state index < -0.39 is 0 Å². The molecule has 0 aliphatic rings. The number of hydrogen-bond donors (Lipinski definition) is 3. The van der Waals surface area contributed by atoms with Gasteiger partial charge in [0.25, 0.3) is 5.56 Å². The highest BCUT2D eigenvalue weighted by molar-refractivity contribution is 5.30. The van der Waals surface area contributed by atoms with Crippen LogP contribution in [0.1, 0.15) is 12.7 Å². The number of nitrogens with zero attached hydrogens (tertiary/aromatic N) is 1. The second kappa shape index (κ2) is 4.58. The number of nitrogens with two attached hydrogens (primary N) is 1. The third-order valence-electron chi connectivity index (χ3n) is 1.38. The zero-order chi connectivity index (χ0) is 9.68. The Morgan fingerprint density at radius 3 is 3.15 bits per heavy atom. The van der Waals surface area contributed by atoms with Crippen LogP contribution in [0.5, 0.6) is 0 Å². The normalized spacial score (nSPS) is 10.0. The molecule has 1 heterocycles. The fourth-order valence-corrected chi connectivity index (χ4v) is 0.849. The number of nitrogen functional groups attached to an aromatic ring is 1. The van der Waals surface area contributed by atoms with Gasteiger partial charge in [0.2, 0.25) is 0 Å². The van der Waals surface area contributed by atoms with Crippen LogP contribution in [0.2, 0.25) is 0 Å². The van der Waals surface area contributed by atoms with Gasteiger partial charge >= 0.3 is 0 Å². The lowest BCUT2D eigenvalue weighted by atomic mass is 10.5. The Hall–Kier alpha value is -1.40. The molecule has 0 fully saturated rings. The number of hydrogen-bond acceptors (Lipinski definition) is 5. The van der Waals surface area contributed by atoms with Gasteiger partial charge in [-0.1, -0.05) is 0 Å². The highest BCUT2D eigenvalue weighted by Crippen LogP contribution is 1.97. The summed E-state index contributed by atoms with van der Waals surface area (Å²) in [4.78, 5) is 17.5.